The van der Waals surface area contributed by atoms with Gasteiger partial charge in [0.05, 0.1) is 11.6 Å². The van der Waals surface area contributed by atoms with E-state index < -0.39 is 5.91 Å². The van der Waals surface area contributed by atoms with E-state index in [2.05, 4.69) is 39.5 Å². The summed E-state index contributed by atoms with van der Waals surface area (Å²) in [6, 6.07) is 23.0. The number of piperidine rings is 1. The Morgan fingerprint density at radius 3 is 2.63 bits per heavy atom. The standard InChI is InChI=1S/C32H35N5O/c33-19-21-8-10-28(11-9-21)37-20-22-14-27(30(37)15-22)17-25-4-1-2-7-29(25)36-31-18-24(12-13-35-31)23-5-3-6-26(16-23)32(34)38/h3,5-6,8-13,16,18,22,25,27,29-30H,1-2,4,7,14-15,17,20H2,(H2,34,38)(H,35,36)/t22-,25+,27-,29-,30-/m1/s1. The zero-order valence-corrected chi connectivity index (χ0v) is 21.7. The van der Waals surface area contributed by atoms with Crippen molar-refractivity contribution in [1.29, 1.82) is 5.26 Å². The summed E-state index contributed by atoms with van der Waals surface area (Å²) in [5, 5.41) is 13.0. The van der Waals surface area contributed by atoms with Crippen LogP contribution in [-0.2, 0) is 0 Å². The van der Waals surface area contributed by atoms with Crippen molar-refractivity contribution < 1.29 is 4.79 Å². The maximum atomic E-state index is 11.6. The summed E-state index contributed by atoms with van der Waals surface area (Å²) in [5.74, 6) is 2.62. The molecule has 0 radical (unpaired) electrons. The van der Waals surface area contributed by atoms with E-state index in [0.29, 0.717) is 29.5 Å². The lowest BCUT2D eigenvalue weighted by atomic mass is 9.77. The van der Waals surface area contributed by atoms with Crippen molar-refractivity contribution in [2.45, 2.75) is 57.0 Å². The monoisotopic (exact) mass is 505 g/mol. The van der Waals surface area contributed by atoms with Crippen molar-refractivity contribution in [2.75, 3.05) is 16.8 Å². The van der Waals surface area contributed by atoms with Crippen LogP contribution < -0.4 is 16.0 Å². The second kappa shape index (κ2) is 10.5. The second-order valence-corrected chi connectivity index (χ2v) is 11.4. The minimum absolute atomic E-state index is 0.414. The number of nitrogens with zero attached hydrogens (tertiary/aromatic N) is 3. The van der Waals surface area contributed by atoms with Crippen molar-refractivity contribution in [3.05, 3.63) is 78.0 Å². The molecule has 3 aliphatic rings. The third-order valence-corrected chi connectivity index (χ3v) is 9.03. The van der Waals surface area contributed by atoms with Gasteiger partial charge in [-0.15, -0.1) is 0 Å². The van der Waals surface area contributed by atoms with Crippen LogP contribution in [0.25, 0.3) is 11.1 Å². The van der Waals surface area contributed by atoms with Crippen LogP contribution in [0.1, 0.15) is 60.9 Å². The number of hydrogen-bond donors (Lipinski definition) is 2. The number of nitrogens with two attached hydrogens (primary N) is 1. The molecule has 2 aromatic carbocycles. The molecular formula is C32H35N5O. The quantitative estimate of drug-likeness (QED) is 0.411. The van der Waals surface area contributed by atoms with E-state index in [9.17, 15) is 4.79 Å². The molecule has 0 unspecified atom stereocenters. The average Bonchev–Trinajstić information content (AvgIpc) is 3.55. The van der Waals surface area contributed by atoms with Crippen LogP contribution in [0.2, 0.25) is 0 Å². The van der Waals surface area contributed by atoms with Crippen LogP contribution in [0.4, 0.5) is 11.5 Å². The van der Waals surface area contributed by atoms with Crippen molar-refractivity contribution in [2.24, 2.45) is 23.5 Å². The van der Waals surface area contributed by atoms with Crippen LogP contribution in [0.15, 0.2) is 66.9 Å². The van der Waals surface area contributed by atoms with Gasteiger partial charge < -0.3 is 16.0 Å². The van der Waals surface area contributed by atoms with Gasteiger partial charge in [0.2, 0.25) is 5.91 Å². The molecule has 2 aliphatic carbocycles. The number of carbonyl (C=O) groups is 1. The lowest BCUT2D eigenvalue weighted by Crippen LogP contribution is -2.41. The summed E-state index contributed by atoms with van der Waals surface area (Å²) in [6.45, 7) is 1.15. The summed E-state index contributed by atoms with van der Waals surface area (Å²) in [7, 11) is 0. The highest BCUT2D eigenvalue weighted by Crippen LogP contribution is 2.48. The average molecular weight is 506 g/mol. The number of nitrogens with one attached hydrogen (secondary N) is 1. The molecule has 3 N–H and O–H groups in total. The number of nitriles is 1. The fourth-order valence-corrected chi connectivity index (χ4v) is 7.24. The normalized spacial score (nSPS) is 26.2. The second-order valence-electron chi connectivity index (χ2n) is 11.4. The van der Waals surface area contributed by atoms with Crippen molar-refractivity contribution >= 4 is 17.4 Å². The molecule has 2 heterocycles. The highest BCUT2D eigenvalue weighted by atomic mass is 16.1. The Hall–Kier alpha value is -3.85. The highest BCUT2D eigenvalue weighted by Gasteiger charge is 2.46. The number of rotatable bonds is 7. The molecule has 6 rings (SSSR count). The molecule has 0 spiro atoms. The molecule has 6 heteroatoms. The number of fused-ring (bicyclic) bond motifs is 2. The zero-order valence-electron chi connectivity index (χ0n) is 21.7. The SMILES string of the molecule is N#Cc1ccc(N2C[C@@H]3C[C@H](C[C@@H]4CCCC[C@H]4Nc4cc(-c5cccc(C(N)=O)c5)ccn4)[C@H]2C3)cc1. The third kappa shape index (κ3) is 4.98. The summed E-state index contributed by atoms with van der Waals surface area (Å²) < 4.78 is 0. The molecule has 1 amide bonds. The number of hydrogen-bond acceptors (Lipinski definition) is 5. The first-order valence-electron chi connectivity index (χ1n) is 14.0. The Bertz CT molecular complexity index is 1350. The van der Waals surface area contributed by atoms with E-state index in [1.54, 1.807) is 6.07 Å². The van der Waals surface area contributed by atoms with Gasteiger partial charge in [0.15, 0.2) is 0 Å². The number of primary amides is 1. The van der Waals surface area contributed by atoms with E-state index >= 15 is 0 Å². The third-order valence-electron chi connectivity index (χ3n) is 9.03. The van der Waals surface area contributed by atoms with Gasteiger partial charge in [-0.3, -0.25) is 4.79 Å². The van der Waals surface area contributed by atoms with Gasteiger partial charge in [-0.1, -0.05) is 25.0 Å². The van der Waals surface area contributed by atoms with E-state index in [1.807, 2.05) is 42.6 Å². The molecule has 3 fully saturated rings. The number of benzene rings is 2. The molecule has 2 saturated carbocycles. The number of amides is 1. The lowest BCUT2D eigenvalue weighted by molar-refractivity contribution is 0.100. The topological polar surface area (TPSA) is 95.0 Å². The van der Waals surface area contributed by atoms with Crippen molar-refractivity contribution in [3.8, 4) is 17.2 Å². The number of pyridine rings is 1. The van der Waals surface area contributed by atoms with E-state index in [-0.39, 0.29) is 0 Å². The molecule has 1 aromatic heterocycles. The van der Waals surface area contributed by atoms with Gasteiger partial charge in [0, 0.05) is 36.1 Å². The Kier molecular flexibility index (Phi) is 6.76. The first-order chi connectivity index (χ1) is 18.6. The van der Waals surface area contributed by atoms with Gasteiger partial charge in [-0.05, 0) is 110 Å². The Morgan fingerprint density at radius 2 is 1.84 bits per heavy atom. The first kappa shape index (κ1) is 24.5. The van der Waals surface area contributed by atoms with Gasteiger partial charge in [-0.2, -0.15) is 5.26 Å². The summed E-state index contributed by atoms with van der Waals surface area (Å²) in [5.41, 5.74) is 10.0. The van der Waals surface area contributed by atoms with Crippen LogP contribution in [0.5, 0.6) is 0 Å². The number of carbonyl (C=O) groups excluding carboxylic acids is 1. The molecule has 38 heavy (non-hydrogen) atoms. The Balaban J connectivity index is 1.15. The lowest BCUT2D eigenvalue weighted by Gasteiger charge is -2.40. The van der Waals surface area contributed by atoms with Crippen LogP contribution in [0.3, 0.4) is 0 Å². The van der Waals surface area contributed by atoms with Gasteiger partial charge in [0.25, 0.3) is 0 Å². The Morgan fingerprint density at radius 1 is 1.03 bits per heavy atom. The maximum Gasteiger partial charge on any atom is 0.248 e. The minimum atomic E-state index is -0.414. The molecule has 3 aromatic rings. The summed E-state index contributed by atoms with van der Waals surface area (Å²) in [4.78, 5) is 18.9. The van der Waals surface area contributed by atoms with Gasteiger partial charge in [0.1, 0.15) is 5.82 Å². The van der Waals surface area contributed by atoms with Crippen LogP contribution >= 0.6 is 0 Å². The highest BCUT2D eigenvalue weighted by molar-refractivity contribution is 5.94. The molecular weight excluding hydrogens is 470 g/mol. The van der Waals surface area contributed by atoms with E-state index in [1.165, 1.54) is 50.6 Å². The largest absolute Gasteiger partial charge is 0.368 e. The molecule has 1 saturated heterocycles. The molecule has 5 atom stereocenters. The number of anilines is 2. The van der Waals surface area contributed by atoms with E-state index in [4.69, 9.17) is 11.0 Å². The van der Waals surface area contributed by atoms with Crippen molar-refractivity contribution in [1.82, 2.24) is 4.98 Å². The molecule has 6 nitrogen and oxygen atoms in total. The first-order valence-corrected chi connectivity index (χ1v) is 14.0. The summed E-state index contributed by atoms with van der Waals surface area (Å²) >= 11 is 0. The smallest absolute Gasteiger partial charge is 0.248 e. The van der Waals surface area contributed by atoms with Crippen LogP contribution in [0, 0.1) is 29.1 Å². The summed E-state index contributed by atoms with van der Waals surface area (Å²) in [6.07, 6.45) is 10.7. The number of aromatic nitrogens is 1. The molecule has 1 aliphatic heterocycles. The van der Waals surface area contributed by atoms with Gasteiger partial charge >= 0.3 is 0 Å². The van der Waals surface area contributed by atoms with Crippen molar-refractivity contribution in [3.63, 3.8) is 0 Å². The minimum Gasteiger partial charge on any atom is -0.368 e. The predicted molar refractivity (Wildman–Crippen MR) is 151 cm³/mol. The molecule has 194 valence electrons. The van der Waals surface area contributed by atoms with E-state index in [0.717, 1.165) is 35.0 Å². The Labute approximate surface area is 224 Å². The van der Waals surface area contributed by atoms with Gasteiger partial charge in [-0.25, -0.2) is 4.98 Å². The molecule has 2 bridgehead atoms. The van der Waals surface area contributed by atoms with Crippen LogP contribution in [-0.4, -0.2) is 29.5 Å². The predicted octanol–water partition coefficient (Wildman–Crippen LogP) is 5.99. The fourth-order valence-electron chi connectivity index (χ4n) is 7.24. The zero-order chi connectivity index (χ0) is 26.1. The maximum absolute atomic E-state index is 11.6. The fraction of sp³-hybridized carbons (Fsp3) is 0.406.